The SMILES string of the molecule is O=C(Cc1c[nH]c2ccccc12)NCc1cccc(C(=O)Nc2ccccc2)c1. The minimum absolute atomic E-state index is 0.0612. The molecule has 5 nitrogen and oxygen atoms in total. The highest BCUT2D eigenvalue weighted by Gasteiger charge is 2.10. The molecule has 0 spiro atoms. The molecule has 0 aliphatic rings. The number of nitrogens with one attached hydrogen (secondary N) is 3. The number of amides is 2. The molecule has 1 aromatic heterocycles. The molecule has 5 heteroatoms. The van der Waals surface area contributed by atoms with Crippen molar-refractivity contribution >= 4 is 28.4 Å². The summed E-state index contributed by atoms with van der Waals surface area (Å²) in [6.45, 7) is 0.369. The summed E-state index contributed by atoms with van der Waals surface area (Å²) in [7, 11) is 0. The van der Waals surface area contributed by atoms with Crippen LogP contribution in [0.5, 0.6) is 0 Å². The topological polar surface area (TPSA) is 74.0 Å². The van der Waals surface area contributed by atoms with Crippen LogP contribution in [-0.4, -0.2) is 16.8 Å². The van der Waals surface area contributed by atoms with Crippen molar-refractivity contribution in [2.24, 2.45) is 0 Å². The van der Waals surface area contributed by atoms with Crippen LogP contribution in [0.15, 0.2) is 85.1 Å². The van der Waals surface area contributed by atoms with E-state index in [0.29, 0.717) is 18.5 Å². The molecule has 4 rings (SSSR count). The normalized spacial score (nSPS) is 10.6. The molecule has 0 saturated carbocycles. The number of para-hydroxylation sites is 2. The summed E-state index contributed by atoms with van der Waals surface area (Å²) in [6.07, 6.45) is 2.18. The van der Waals surface area contributed by atoms with Gasteiger partial charge in [-0.15, -0.1) is 0 Å². The maximum atomic E-state index is 12.4. The third-order valence-electron chi connectivity index (χ3n) is 4.74. The highest BCUT2D eigenvalue weighted by atomic mass is 16.2. The van der Waals surface area contributed by atoms with E-state index in [1.54, 1.807) is 12.1 Å². The first-order valence-corrected chi connectivity index (χ1v) is 9.46. The Balaban J connectivity index is 1.36. The summed E-state index contributed by atoms with van der Waals surface area (Å²) in [5.41, 5.74) is 4.16. The second-order valence-electron chi connectivity index (χ2n) is 6.83. The molecule has 4 aromatic rings. The number of hydrogen-bond donors (Lipinski definition) is 3. The van der Waals surface area contributed by atoms with Crippen molar-refractivity contribution in [3.05, 3.63) is 102 Å². The van der Waals surface area contributed by atoms with Crippen molar-refractivity contribution in [1.82, 2.24) is 10.3 Å². The van der Waals surface area contributed by atoms with Gasteiger partial charge in [-0.3, -0.25) is 9.59 Å². The summed E-state index contributed by atoms with van der Waals surface area (Å²) in [5, 5.41) is 6.86. The number of anilines is 1. The molecule has 3 N–H and O–H groups in total. The first-order chi connectivity index (χ1) is 14.2. The highest BCUT2D eigenvalue weighted by Crippen LogP contribution is 2.18. The minimum atomic E-state index is -0.178. The molecule has 0 radical (unpaired) electrons. The molecule has 0 aliphatic carbocycles. The Morgan fingerprint density at radius 3 is 2.52 bits per heavy atom. The van der Waals surface area contributed by atoms with E-state index in [4.69, 9.17) is 0 Å². The van der Waals surface area contributed by atoms with E-state index < -0.39 is 0 Å². The van der Waals surface area contributed by atoms with Gasteiger partial charge in [-0.25, -0.2) is 0 Å². The maximum absolute atomic E-state index is 12.4. The Labute approximate surface area is 168 Å². The van der Waals surface area contributed by atoms with Crippen LogP contribution in [0.3, 0.4) is 0 Å². The molecule has 0 aliphatic heterocycles. The van der Waals surface area contributed by atoms with Gasteiger partial charge in [-0.2, -0.15) is 0 Å². The molecule has 0 fully saturated rings. The standard InChI is InChI=1S/C24H21N3O2/c28-23(14-19-16-25-22-12-5-4-11-21(19)22)26-15-17-7-6-8-18(13-17)24(29)27-20-9-2-1-3-10-20/h1-13,16,25H,14-15H2,(H,26,28)(H,27,29). The van der Waals surface area contributed by atoms with Crippen molar-refractivity contribution in [2.75, 3.05) is 5.32 Å². The fourth-order valence-corrected chi connectivity index (χ4v) is 3.26. The van der Waals surface area contributed by atoms with Crippen LogP contribution in [0.4, 0.5) is 5.69 Å². The zero-order valence-corrected chi connectivity index (χ0v) is 15.8. The number of H-pyrrole nitrogens is 1. The van der Waals surface area contributed by atoms with Crippen LogP contribution in [0.25, 0.3) is 10.9 Å². The van der Waals surface area contributed by atoms with Gasteiger partial charge in [0, 0.05) is 34.9 Å². The monoisotopic (exact) mass is 383 g/mol. The van der Waals surface area contributed by atoms with Crippen molar-refractivity contribution in [3.63, 3.8) is 0 Å². The van der Waals surface area contributed by atoms with Gasteiger partial charge in [0.05, 0.1) is 6.42 Å². The van der Waals surface area contributed by atoms with Crippen LogP contribution in [0.2, 0.25) is 0 Å². The van der Waals surface area contributed by atoms with Crippen LogP contribution in [0.1, 0.15) is 21.5 Å². The Morgan fingerprint density at radius 1 is 0.862 bits per heavy atom. The van der Waals surface area contributed by atoms with E-state index >= 15 is 0 Å². The third kappa shape index (κ3) is 4.52. The summed E-state index contributed by atoms with van der Waals surface area (Å²) in [6, 6.07) is 24.5. The number of aromatic amines is 1. The molecule has 1 heterocycles. The van der Waals surface area contributed by atoms with Crippen LogP contribution in [0, 0.1) is 0 Å². The molecule has 144 valence electrons. The minimum Gasteiger partial charge on any atom is -0.361 e. The van der Waals surface area contributed by atoms with Crippen molar-refractivity contribution in [1.29, 1.82) is 0 Å². The zero-order valence-electron chi connectivity index (χ0n) is 15.8. The van der Waals surface area contributed by atoms with Gasteiger partial charge in [0.1, 0.15) is 0 Å². The summed E-state index contributed by atoms with van der Waals surface area (Å²) in [4.78, 5) is 28.0. The Morgan fingerprint density at radius 2 is 1.66 bits per heavy atom. The average molecular weight is 383 g/mol. The number of benzene rings is 3. The lowest BCUT2D eigenvalue weighted by Gasteiger charge is -2.08. The van der Waals surface area contributed by atoms with Crippen LogP contribution < -0.4 is 10.6 Å². The number of rotatable bonds is 6. The molecule has 0 atom stereocenters. The average Bonchev–Trinajstić information content (AvgIpc) is 3.16. The fraction of sp³-hybridized carbons (Fsp3) is 0.0833. The lowest BCUT2D eigenvalue weighted by atomic mass is 10.1. The predicted octanol–water partition coefficient (Wildman–Crippen LogP) is 4.28. The molecule has 0 saturated heterocycles. The summed E-state index contributed by atoms with van der Waals surface area (Å²) < 4.78 is 0. The smallest absolute Gasteiger partial charge is 0.255 e. The van der Waals surface area contributed by atoms with Crippen molar-refractivity contribution < 1.29 is 9.59 Å². The Kier molecular flexibility index (Phi) is 5.38. The first kappa shape index (κ1) is 18.5. The summed E-state index contributed by atoms with van der Waals surface area (Å²) >= 11 is 0. The van der Waals surface area contributed by atoms with E-state index in [1.807, 2.05) is 72.9 Å². The third-order valence-corrected chi connectivity index (χ3v) is 4.74. The molecule has 3 aromatic carbocycles. The number of carbonyl (C=O) groups is 2. The van der Waals surface area contributed by atoms with E-state index in [9.17, 15) is 9.59 Å². The van der Waals surface area contributed by atoms with Gasteiger partial charge in [0.25, 0.3) is 5.91 Å². The fourth-order valence-electron chi connectivity index (χ4n) is 3.26. The molecule has 0 bridgehead atoms. The zero-order chi connectivity index (χ0) is 20.1. The lowest BCUT2D eigenvalue weighted by molar-refractivity contribution is -0.120. The van der Waals surface area contributed by atoms with Gasteiger partial charge < -0.3 is 15.6 Å². The van der Waals surface area contributed by atoms with Gasteiger partial charge >= 0.3 is 0 Å². The van der Waals surface area contributed by atoms with E-state index in [1.165, 1.54) is 0 Å². The Bertz CT molecular complexity index is 1150. The lowest BCUT2D eigenvalue weighted by Crippen LogP contribution is -2.24. The van der Waals surface area contributed by atoms with Gasteiger partial charge in [-0.1, -0.05) is 48.5 Å². The number of aromatic nitrogens is 1. The highest BCUT2D eigenvalue weighted by molar-refractivity contribution is 6.04. The Hall–Kier alpha value is -3.86. The van der Waals surface area contributed by atoms with Gasteiger partial charge in [-0.05, 0) is 41.5 Å². The first-order valence-electron chi connectivity index (χ1n) is 9.46. The molecule has 2 amide bonds. The predicted molar refractivity (Wildman–Crippen MR) is 115 cm³/mol. The van der Waals surface area contributed by atoms with Crippen LogP contribution in [-0.2, 0) is 17.8 Å². The molecule has 0 unspecified atom stereocenters. The van der Waals surface area contributed by atoms with Crippen LogP contribution >= 0.6 is 0 Å². The summed E-state index contributed by atoms with van der Waals surface area (Å²) in [5.74, 6) is -0.239. The van der Waals surface area contributed by atoms with E-state index in [2.05, 4.69) is 15.6 Å². The second-order valence-corrected chi connectivity index (χ2v) is 6.83. The molecule has 29 heavy (non-hydrogen) atoms. The van der Waals surface area contributed by atoms with E-state index in [-0.39, 0.29) is 11.8 Å². The maximum Gasteiger partial charge on any atom is 0.255 e. The largest absolute Gasteiger partial charge is 0.361 e. The van der Waals surface area contributed by atoms with E-state index in [0.717, 1.165) is 27.7 Å². The van der Waals surface area contributed by atoms with Gasteiger partial charge in [0.2, 0.25) is 5.91 Å². The van der Waals surface area contributed by atoms with Crippen molar-refractivity contribution in [3.8, 4) is 0 Å². The molecular weight excluding hydrogens is 362 g/mol. The quantitative estimate of drug-likeness (QED) is 0.465. The van der Waals surface area contributed by atoms with Crippen molar-refractivity contribution in [2.45, 2.75) is 13.0 Å². The number of carbonyl (C=O) groups excluding carboxylic acids is 2. The number of hydrogen-bond acceptors (Lipinski definition) is 2. The molecular formula is C24H21N3O2. The number of fused-ring (bicyclic) bond motifs is 1. The van der Waals surface area contributed by atoms with Gasteiger partial charge in [0.15, 0.2) is 0 Å². The second kappa shape index (κ2) is 8.44.